The zero-order valence-electron chi connectivity index (χ0n) is 11.5. The van der Waals surface area contributed by atoms with Gasteiger partial charge in [0.25, 0.3) is 11.8 Å². The van der Waals surface area contributed by atoms with Gasteiger partial charge in [-0.05, 0) is 30.3 Å². The van der Waals surface area contributed by atoms with E-state index in [0.29, 0.717) is 16.9 Å². The summed E-state index contributed by atoms with van der Waals surface area (Å²) in [5.74, 6) is -0.846. The number of aromatic amines is 1. The molecule has 0 unspecified atom stereocenters. The van der Waals surface area contributed by atoms with Crippen LogP contribution in [0.2, 0.25) is 0 Å². The monoisotopic (exact) mass is 295 g/mol. The van der Waals surface area contributed by atoms with Crippen molar-refractivity contribution in [2.75, 3.05) is 0 Å². The lowest BCUT2D eigenvalue weighted by molar-refractivity contribution is 0.0844. The number of nitrogens with zero attached hydrogens (tertiary/aromatic N) is 2. The second-order valence-electron chi connectivity index (χ2n) is 4.46. The highest BCUT2D eigenvalue weighted by molar-refractivity contribution is 6.00. The number of carbonyl (C=O) groups is 2. The van der Waals surface area contributed by atoms with Gasteiger partial charge in [0.2, 0.25) is 0 Å². The maximum Gasteiger partial charge on any atom is 0.286 e. The van der Waals surface area contributed by atoms with Crippen molar-refractivity contribution in [1.29, 1.82) is 0 Å². The average Bonchev–Trinajstić information content (AvgIpc) is 3.24. The summed E-state index contributed by atoms with van der Waals surface area (Å²) < 4.78 is 1.59. The minimum atomic E-state index is -0.425. The highest BCUT2D eigenvalue weighted by Gasteiger charge is 2.14. The topological polar surface area (TPSA) is 91.8 Å². The maximum atomic E-state index is 12.3. The second kappa shape index (κ2) is 5.96. The number of rotatable bonds is 3. The van der Waals surface area contributed by atoms with Gasteiger partial charge in [0, 0.05) is 18.6 Å². The van der Waals surface area contributed by atoms with E-state index in [1.165, 1.54) is 0 Å². The first-order valence-electron chi connectivity index (χ1n) is 6.59. The first-order valence-corrected chi connectivity index (χ1v) is 6.59. The Bertz CT molecular complexity index is 778. The van der Waals surface area contributed by atoms with Crippen LogP contribution in [-0.4, -0.2) is 26.6 Å². The van der Waals surface area contributed by atoms with Crippen molar-refractivity contribution < 1.29 is 9.59 Å². The lowest BCUT2D eigenvalue weighted by atomic mass is 10.1. The van der Waals surface area contributed by atoms with E-state index in [9.17, 15) is 9.59 Å². The molecule has 22 heavy (non-hydrogen) atoms. The smallest absolute Gasteiger partial charge is 0.286 e. The van der Waals surface area contributed by atoms with Crippen LogP contribution in [-0.2, 0) is 0 Å². The molecule has 1 aromatic carbocycles. The van der Waals surface area contributed by atoms with Gasteiger partial charge < -0.3 is 4.98 Å². The van der Waals surface area contributed by atoms with E-state index in [1.807, 2.05) is 6.07 Å². The molecule has 0 radical (unpaired) electrons. The van der Waals surface area contributed by atoms with Crippen LogP contribution < -0.4 is 10.9 Å². The summed E-state index contributed by atoms with van der Waals surface area (Å²) in [6.45, 7) is 0. The lowest BCUT2D eigenvalue weighted by Crippen LogP contribution is -2.42. The highest BCUT2D eigenvalue weighted by atomic mass is 16.2. The Hall–Kier alpha value is -3.35. The molecule has 0 saturated carbocycles. The van der Waals surface area contributed by atoms with Gasteiger partial charge in [-0.1, -0.05) is 12.1 Å². The summed E-state index contributed by atoms with van der Waals surface area (Å²) >= 11 is 0. The van der Waals surface area contributed by atoms with Crippen LogP contribution in [0.1, 0.15) is 20.8 Å². The maximum absolute atomic E-state index is 12.3. The number of para-hydroxylation sites is 1. The van der Waals surface area contributed by atoms with Gasteiger partial charge >= 0.3 is 0 Å². The highest BCUT2D eigenvalue weighted by Crippen LogP contribution is 2.12. The number of H-pyrrole nitrogens is 1. The van der Waals surface area contributed by atoms with Gasteiger partial charge in [0.05, 0.1) is 11.3 Å². The Labute approximate surface area is 125 Å². The van der Waals surface area contributed by atoms with E-state index in [1.54, 1.807) is 59.7 Å². The van der Waals surface area contributed by atoms with Gasteiger partial charge in [-0.25, -0.2) is 4.68 Å². The second-order valence-corrected chi connectivity index (χ2v) is 4.46. The molecule has 0 spiro atoms. The quantitative estimate of drug-likeness (QED) is 0.635. The van der Waals surface area contributed by atoms with Crippen LogP contribution in [0, 0.1) is 0 Å². The van der Waals surface area contributed by atoms with Crippen LogP contribution in [0.3, 0.4) is 0 Å². The Kier molecular flexibility index (Phi) is 3.69. The molecule has 2 amide bonds. The fraction of sp³-hybridized carbons (Fsp3) is 0. The summed E-state index contributed by atoms with van der Waals surface area (Å²) in [6, 6.07) is 12.1. The third-order valence-electron chi connectivity index (χ3n) is 3.03. The number of carbonyl (C=O) groups excluding carboxylic acids is 2. The summed E-state index contributed by atoms with van der Waals surface area (Å²) in [5.41, 5.74) is 6.13. The Morgan fingerprint density at radius 3 is 2.55 bits per heavy atom. The number of nitrogens with one attached hydrogen (secondary N) is 3. The normalized spacial score (nSPS) is 10.2. The van der Waals surface area contributed by atoms with Crippen LogP contribution in [0.5, 0.6) is 0 Å². The Morgan fingerprint density at radius 2 is 1.82 bits per heavy atom. The van der Waals surface area contributed by atoms with Crippen LogP contribution in [0.15, 0.2) is 61.1 Å². The van der Waals surface area contributed by atoms with Crippen molar-refractivity contribution in [2.45, 2.75) is 0 Å². The van der Waals surface area contributed by atoms with Gasteiger partial charge in [-0.2, -0.15) is 5.10 Å². The molecule has 0 aliphatic carbocycles. The van der Waals surface area contributed by atoms with Crippen LogP contribution >= 0.6 is 0 Å². The largest absolute Gasteiger partial charge is 0.357 e. The molecule has 0 bridgehead atoms. The molecule has 110 valence electrons. The molecule has 3 aromatic rings. The molecule has 3 rings (SSSR count). The molecule has 2 aromatic heterocycles. The minimum absolute atomic E-state index is 0.362. The van der Waals surface area contributed by atoms with Gasteiger partial charge in [-0.15, -0.1) is 0 Å². The predicted molar refractivity (Wildman–Crippen MR) is 79.3 cm³/mol. The van der Waals surface area contributed by atoms with Crippen molar-refractivity contribution in [3.05, 3.63) is 72.3 Å². The molecule has 0 aliphatic rings. The molecular weight excluding hydrogens is 282 g/mol. The number of benzene rings is 1. The number of hydrogen-bond acceptors (Lipinski definition) is 3. The number of amides is 2. The van der Waals surface area contributed by atoms with Crippen molar-refractivity contribution in [2.24, 2.45) is 0 Å². The molecule has 2 heterocycles. The van der Waals surface area contributed by atoms with E-state index in [0.717, 1.165) is 0 Å². The fourth-order valence-corrected chi connectivity index (χ4v) is 2.00. The molecule has 0 atom stereocenters. The van der Waals surface area contributed by atoms with Crippen molar-refractivity contribution in [3.63, 3.8) is 0 Å². The SMILES string of the molecule is O=C(NNC(=O)c1ccccc1-n1cccn1)c1ccc[nH]1. The third-order valence-corrected chi connectivity index (χ3v) is 3.03. The van der Waals surface area contributed by atoms with E-state index in [2.05, 4.69) is 20.9 Å². The van der Waals surface area contributed by atoms with Gasteiger partial charge in [0.1, 0.15) is 5.69 Å². The van der Waals surface area contributed by atoms with Crippen LogP contribution in [0.25, 0.3) is 5.69 Å². The standard InChI is InChI=1S/C15H13N5O2/c21-14(18-19-15(22)12-6-3-8-16-12)11-5-1-2-7-13(11)20-10-4-9-17-20/h1-10,16H,(H,18,21)(H,19,22). The first-order chi connectivity index (χ1) is 10.8. The predicted octanol–water partition coefficient (Wildman–Crippen LogP) is 1.28. The molecule has 3 N–H and O–H groups in total. The van der Waals surface area contributed by atoms with Crippen LogP contribution in [0.4, 0.5) is 0 Å². The minimum Gasteiger partial charge on any atom is -0.357 e. The molecule has 0 saturated heterocycles. The Balaban J connectivity index is 1.74. The van der Waals surface area contributed by atoms with E-state index < -0.39 is 11.8 Å². The summed E-state index contributed by atoms with van der Waals surface area (Å²) in [4.78, 5) is 26.8. The molecule has 7 heteroatoms. The number of hydrogen-bond donors (Lipinski definition) is 3. The lowest BCUT2D eigenvalue weighted by Gasteiger charge is -2.10. The van der Waals surface area contributed by atoms with Gasteiger partial charge in [0.15, 0.2) is 0 Å². The molecule has 0 aliphatic heterocycles. The Morgan fingerprint density at radius 1 is 1.00 bits per heavy atom. The average molecular weight is 295 g/mol. The van der Waals surface area contributed by atoms with Crippen molar-refractivity contribution in [3.8, 4) is 5.69 Å². The van der Waals surface area contributed by atoms with E-state index in [-0.39, 0.29) is 0 Å². The van der Waals surface area contributed by atoms with Crippen molar-refractivity contribution in [1.82, 2.24) is 25.6 Å². The number of aromatic nitrogens is 3. The molecule has 7 nitrogen and oxygen atoms in total. The van der Waals surface area contributed by atoms with Gasteiger partial charge in [-0.3, -0.25) is 20.4 Å². The molecule has 0 fully saturated rings. The summed E-state index contributed by atoms with van der Waals surface area (Å²) in [7, 11) is 0. The zero-order chi connectivity index (χ0) is 15.4. The van der Waals surface area contributed by atoms with E-state index in [4.69, 9.17) is 0 Å². The number of hydrazine groups is 1. The zero-order valence-corrected chi connectivity index (χ0v) is 11.5. The summed E-state index contributed by atoms with van der Waals surface area (Å²) in [6.07, 6.45) is 5.00. The third kappa shape index (κ3) is 2.73. The summed E-state index contributed by atoms with van der Waals surface area (Å²) in [5, 5.41) is 4.11. The van der Waals surface area contributed by atoms with E-state index >= 15 is 0 Å². The van der Waals surface area contributed by atoms with Crippen molar-refractivity contribution >= 4 is 11.8 Å². The first kappa shape index (κ1) is 13.6. The molecular formula is C15H13N5O2. The fourth-order valence-electron chi connectivity index (χ4n) is 2.00.